The Labute approximate surface area is 192 Å². The minimum atomic E-state index is -4.63. The van der Waals surface area contributed by atoms with E-state index in [1.807, 2.05) is 0 Å². The molecule has 6 nitrogen and oxygen atoms in total. The Kier molecular flexibility index (Phi) is 5.89. The van der Waals surface area contributed by atoms with Crippen LogP contribution in [0, 0.1) is 23.5 Å². The van der Waals surface area contributed by atoms with E-state index in [0.717, 1.165) is 50.7 Å². The van der Waals surface area contributed by atoms with E-state index in [1.54, 1.807) is 4.90 Å². The Hall–Kier alpha value is -2.85. The van der Waals surface area contributed by atoms with Crippen LogP contribution in [-0.2, 0) is 6.42 Å². The van der Waals surface area contributed by atoms with E-state index in [4.69, 9.17) is 9.15 Å². The number of ether oxygens (including phenoxy) is 1. The van der Waals surface area contributed by atoms with Gasteiger partial charge in [0.05, 0.1) is 6.10 Å². The summed E-state index contributed by atoms with van der Waals surface area (Å²) in [6, 6.07) is 1.68. The predicted octanol–water partition coefficient (Wildman–Crippen LogP) is 5.48. The SMILES string of the molecule is O=C(Nc1cc(F)c(OC2CC3CC(C3)C2)c(F)c1)c1nc(N2CCCC2)oc1CC(F)(F)F. The van der Waals surface area contributed by atoms with Gasteiger partial charge < -0.3 is 19.4 Å². The van der Waals surface area contributed by atoms with Crippen molar-refractivity contribution in [3.05, 3.63) is 35.2 Å². The maximum Gasteiger partial charge on any atom is 0.396 e. The molecule has 184 valence electrons. The molecule has 1 amide bonds. The molecule has 4 fully saturated rings. The summed E-state index contributed by atoms with van der Waals surface area (Å²) in [5.41, 5.74) is -0.829. The summed E-state index contributed by atoms with van der Waals surface area (Å²) in [6.45, 7) is 1.10. The number of amides is 1. The van der Waals surface area contributed by atoms with Crippen molar-refractivity contribution in [1.29, 1.82) is 0 Å². The number of benzene rings is 1. The smallest absolute Gasteiger partial charge is 0.396 e. The Morgan fingerprint density at radius 1 is 1.09 bits per heavy atom. The third-order valence-electron chi connectivity index (χ3n) is 6.71. The molecule has 2 bridgehead atoms. The van der Waals surface area contributed by atoms with Gasteiger partial charge in [-0.3, -0.25) is 4.79 Å². The van der Waals surface area contributed by atoms with E-state index in [-0.39, 0.29) is 17.8 Å². The molecule has 1 saturated heterocycles. The van der Waals surface area contributed by atoms with E-state index in [1.165, 1.54) is 0 Å². The van der Waals surface area contributed by atoms with Gasteiger partial charge >= 0.3 is 6.18 Å². The molecule has 1 aromatic heterocycles. The van der Waals surface area contributed by atoms with Gasteiger partial charge in [0.1, 0.15) is 12.2 Å². The number of alkyl halides is 3. The molecule has 2 heterocycles. The van der Waals surface area contributed by atoms with Crippen LogP contribution in [0.4, 0.5) is 33.7 Å². The fourth-order valence-corrected chi connectivity index (χ4v) is 5.16. The van der Waals surface area contributed by atoms with Gasteiger partial charge in [-0.1, -0.05) is 0 Å². The monoisotopic (exact) mass is 485 g/mol. The third kappa shape index (κ3) is 4.83. The van der Waals surface area contributed by atoms with Crippen molar-refractivity contribution < 1.29 is 35.9 Å². The number of fused-ring (bicyclic) bond motifs is 2. The number of hydrogen-bond donors (Lipinski definition) is 1. The highest BCUT2D eigenvalue weighted by Crippen LogP contribution is 2.47. The molecule has 3 saturated carbocycles. The number of nitrogens with one attached hydrogen (secondary N) is 1. The topological polar surface area (TPSA) is 67.6 Å². The Balaban J connectivity index is 1.33. The number of hydrogen-bond acceptors (Lipinski definition) is 5. The minimum Gasteiger partial charge on any atom is -0.484 e. The summed E-state index contributed by atoms with van der Waals surface area (Å²) in [7, 11) is 0. The zero-order chi connectivity index (χ0) is 24.0. The number of anilines is 2. The van der Waals surface area contributed by atoms with E-state index in [0.29, 0.717) is 24.9 Å². The molecular formula is C23H24F5N3O3. The van der Waals surface area contributed by atoms with Gasteiger partial charge in [0.25, 0.3) is 11.9 Å². The number of rotatable bonds is 6. The maximum absolute atomic E-state index is 14.6. The number of halogens is 5. The van der Waals surface area contributed by atoms with E-state index < -0.39 is 47.3 Å². The lowest BCUT2D eigenvalue weighted by Gasteiger charge is -2.44. The van der Waals surface area contributed by atoms with E-state index in [9.17, 15) is 26.7 Å². The van der Waals surface area contributed by atoms with Crippen LogP contribution in [0.25, 0.3) is 0 Å². The van der Waals surface area contributed by atoms with Crippen LogP contribution in [0.15, 0.2) is 16.5 Å². The zero-order valence-corrected chi connectivity index (χ0v) is 18.3. The van der Waals surface area contributed by atoms with Crippen molar-refractivity contribution in [3.8, 4) is 5.75 Å². The van der Waals surface area contributed by atoms with Crippen LogP contribution in [0.1, 0.15) is 54.8 Å². The first-order valence-corrected chi connectivity index (χ1v) is 11.4. The molecule has 1 aliphatic heterocycles. The summed E-state index contributed by atoms with van der Waals surface area (Å²) in [5.74, 6) is -3.14. The van der Waals surface area contributed by atoms with Crippen LogP contribution in [-0.4, -0.2) is 36.3 Å². The molecule has 0 spiro atoms. The lowest BCUT2D eigenvalue weighted by molar-refractivity contribution is -0.130. The lowest BCUT2D eigenvalue weighted by atomic mass is 9.64. The van der Waals surface area contributed by atoms with Crippen LogP contribution in [0.5, 0.6) is 5.75 Å². The fourth-order valence-electron chi connectivity index (χ4n) is 5.16. The summed E-state index contributed by atoms with van der Waals surface area (Å²) in [4.78, 5) is 18.3. The number of carbonyl (C=O) groups is 1. The minimum absolute atomic E-state index is 0.0754. The van der Waals surface area contributed by atoms with Crippen molar-refractivity contribution in [2.24, 2.45) is 11.8 Å². The summed E-state index contributed by atoms with van der Waals surface area (Å²) >= 11 is 0. The standard InChI is InChI=1S/C23H24F5N3O3/c24-16-9-14(10-17(25)20(16)33-15-7-12-5-13(6-12)8-15)29-21(32)19-18(11-23(26,27)28)34-22(30-19)31-3-1-2-4-31/h9-10,12-13,15H,1-8,11H2,(H,29,32). The lowest BCUT2D eigenvalue weighted by Crippen LogP contribution is -2.39. The highest BCUT2D eigenvalue weighted by atomic mass is 19.4. The molecule has 11 heteroatoms. The largest absolute Gasteiger partial charge is 0.484 e. The molecule has 6 rings (SSSR count). The molecule has 0 radical (unpaired) electrons. The normalized spacial score (nSPS) is 24.1. The fraction of sp³-hybridized carbons (Fsp3) is 0.565. The van der Waals surface area contributed by atoms with Gasteiger partial charge in [0.2, 0.25) is 0 Å². The van der Waals surface area contributed by atoms with Gasteiger partial charge in [0.15, 0.2) is 23.1 Å². The molecular weight excluding hydrogens is 461 g/mol. The van der Waals surface area contributed by atoms with Crippen LogP contribution >= 0.6 is 0 Å². The van der Waals surface area contributed by atoms with Crippen molar-refractivity contribution >= 4 is 17.6 Å². The van der Waals surface area contributed by atoms with Crippen LogP contribution in [0.3, 0.4) is 0 Å². The molecule has 1 aromatic carbocycles. The highest BCUT2D eigenvalue weighted by molar-refractivity contribution is 6.03. The molecule has 2 aromatic rings. The van der Waals surface area contributed by atoms with Crippen molar-refractivity contribution in [3.63, 3.8) is 0 Å². The number of carbonyl (C=O) groups excluding carboxylic acids is 1. The summed E-state index contributed by atoms with van der Waals surface area (Å²) in [6.07, 6.45) is -0.958. The predicted molar refractivity (Wildman–Crippen MR) is 112 cm³/mol. The average Bonchev–Trinajstić information content (AvgIpc) is 3.39. The summed E-state index contributed by atoms with van der Waals surface area (Å²) in [5, 5.41) is 2.23. The number of aromatic nitrogens is 1. The maximum atomic E-state index is 14.6. The van der Waals surface area contributed by atoms with Gasteiger partial charge in [-0.05, 0) is 50.4 Å². The van der Waals surface area contributed by atoms with Crippen LogP contribution < -0.4 is 15.0 Å². The first kappa shape index (κ1) is 22.9. The first-order chi connectivity index (χ1) is 16.1. The first-order valence-electron chi connectivity index (χ1n) is 11.4. The number of nitrogens with zero attached hydrogens (tertiary/aromatic N) is 2. The third-order valence-corrected chi connectivity index (χ3v) is 6.71. The average molecular weight is 485 g/mol. The second-order valence-corrected chi connectivity index (χ2v) is 9.39. The Morgan fingerprint density at radius 2 is 1.71 bits per heavy atom. The molecule has 0 atom stereocenters. The Morgan fingerprint density at radius 3 is 2.29 bits per heavy atom. The van der Waals surface area contributed by atoms with Crippen molar-refractivity contribution in [2.45, 2.75) is 57.2 Å². The van der Waals surface area contributed by atoms with Gasteiger partial charge in [0, 0.05) is 30.9 Å². The molecule has 34 heavy (non-hydrogen) atoms. The van der Waals surface area contributed by atoms with Gasteiger partial charge in [-0.2, -0.15) is 18.2 Å². The van der Waals surface area contributed by atoms with Crippen molar-refractivity contribution in [2.75, 3.05) is 23.3 Å². The van der Waals surface area contributed by atoms with E-state index in [2.05, 4.69) is 10.3 Å². The second-order valence-electron chi connectivity index (χ2n) is 9.39. The second kappa shape index (κ2) is 8.74. The molecule has 4 aliphatic rings. The molecule has 0 unspecified atom stereocenters. The van der Waals surface area contributed by atoms with Crippen molar-refractivity contribution in [1.82, 2.24) is 4.98 Å². The Bertz CT molecular complexity index is 1040. The molecule has 3 aliphatic carbocycles. The van der Waals surface area contributed by atoms with Gasteiger partial charge in [-0.25, -0.2) is 8.78 Å². The molecule has 1 N–H and O–H groups in total. The van der Waals surface area contributed by atoms with Crippen LogP contribution in [0.2, 0.25) is 0 Å². The summed E-state index contributed by atoms with van der Waals surface area (Å²) < 4.78 is 79.2. The van der Waals surface area contributed by atoms with Gasteiger partial charge in [-0.15, -0.1) is 0 Å². The zero-order valence-electron chi connectivity index (χ0n) is 18.3. The number of oxazole rings is 1. The quantitative estimate of drug-likeness (QED) is 0.549. The highest BCUT2D eigenvalue weighted by Gasteiger charge is 2.40. The van der Waals surface area contributed by atoms with E-state index >= 15 is 0 Å².